The van der Waals surface area contributed by atoms with Crippen molar-refractivity contribution in [1.29, 1.82) is 0 Å². The summed E-state index contributed by atoms with van der Waals surface area (Å²) in [5.74, 6) is 0. The van der Waals surface area contributed by atoms with Gasteiger partial charge in [0.1, 0.15) is 0 Å². The van der Waals surface area contributed by atoms with Crippen molar-refractivity contribution in [3.63, 3.8) is 0 Å². The van der Waals surface area contributed by atoms with E-state index in [0.29, 0.717) is 0 Å². The summed E-state index contributed by atoms with van der Waals surface area (Å²) < 4.78 is 0. The molecule has 0 atom stereocenters. The van der Waals surface area contributed by atoms with E-state index in [9.17, 15) is 0 Å². The van der Waals surface area contributed by atoms with Crippen molar-refractivity contribution in [2.24, 2.45) is 0 Å². The summed E-state index contributed by atoms with van der Waals surface area (Å²) in [5, 5.41) is 5.53. The third-order valence-corrected chi connectivity index (χ3v) is 4.87. The monoisotopic (exact) mass is 292 g/mol. The first-order chi connectivity index (χ1) is 11.4. The second-order valence-corrected chi connectivity index (χ2v) is 6.14. The highest BCUT2D eigenvalue weighted by Crippen LogP contribution is 2.42. The second kappa shape index (κ2) is 4.82. The van der Waals surface area contributed by atoms with Crippen LogP contribution in [0.2, 0.25) is 0 Å². The van der Waals surface area contributed by atoms with Gasteiger partial charge in [0.15, 0.2) is 0 Å². The van der Waals surface area contributed by atoms with Crippen molar-refractivity contribution in [2.75, 3.05) is 0 Å². The van der Waals surface area contributed by atoms with Gasteiger partial charge in [-0.25, -0.2) is 0 Å². The maximum Gasteiger partial charge on any atom is -0.00264 e. The molecule has 4 aromatic rings. The molecule has 0 aliphatic heterocycles. The predicted octanol–water partition coefficient (Wildman–Crippen LogP) is 6.23. The number of benzene rings is 4. The highest BCUT2D eigenvalue weighted by molar-refractivity contribution is 6.17. The van der Waals surface area contributed by atoms with Crippen LogP contribution in [0.1, 0.15) is 11.1 Å². The van der Waals surface area contributed by atoms with Crippen molar-refractivity contribution >= 4 is 27.6 Å². The molecule has 0 amide bonds. The van der Waals surface area contributed by atoms with Gasteiger partial charge in [0.25, 0.3) is 0 Å². The highest BCUT2D eigenvalue weighted by atomic mass is 14.2. The minimum absolute atomic E-state index is 1.02. The van der Waals surface area contributed by atoms with Crippen LogP contribution in [-0.2, 0) is 6.42 Å². The molecule has 0 aromatic heterocycles. The second-order valence-electron chi connectivity index (χ2n) is 6.14. The molecule has 0 heteroatoms. The Bertz CT molecular complexity index is 1070. The largest absolute Gasteiger partial charge is 0.0795 e. The van der Waals surface area contributed by atoms with Crippen LogP contribution in [0, 0.1) is 0 Å². The molecule has 5 rings (SSSR count). The molecule has 0 heterocycles. The van der Waals surface area contributed by atoms with Crippen molar-refractivity contribution in [2.45, 2.75) is 6.42 Å². The van der Waals surface area contributed by atoms with Crippen LogP contribution >= 0.6 is 0 Å². The third-order valence-electron chi connectivity index (χ3n) is 4.87. The summed E-state index contributed by atoms with van der Waals surface area (Å²) in [4.78, 5) is 0. The van der Waals surface area contributed by atoms with E-state index in [0.717, 1.165) is 6.42 Å². The van der Waals surface area contributed by atoms with E-state index < -0.39 is 0 Å². The Hall–Kier alpha value is -2.86. The lowest BCUT2D eigenvalue weighted by Crippen LogP contribution is -1.97. The van der Waals surface area contributed by atoms with Crippen LogP contribution in [0.3, 0.4) is 0 Å². The van der Waals surface area contributed by atoms with E-state index in [-0.39, 0.29) is 0 Å². The fourth-order valence-electron chi connectivity index (χ4n) is 3.93. The van der Waals surface area contributed by atoms with E-state index in [4.69, 9.17) is 0 Å². The molecule has 0 saturated heterocycles. The van der Waals surface area contributed by atoms with Gasteiger partial charge in [0.05, 0.1) is 0 Å². The van der Waals surface area contributed by atoms with Crippen LogP contribution in [0.5, 0.6) is 0 Å². The smallest absolute Gasteiger partial charge is 0.00264 e. The Kier molecular flexibility index (Phi) is 2.65. The molecule has 1 aliphatic rings. The molecule has 4 aromatic carbocycles. The number of allylic oxidation sites excluding steroid dienone is 1. The van der Waals surface area contributed by atoms with Gasteiger partial charge in [-0.3, -0.25) is 0 Å². The first-order valence-corrected chi connectivity index (χ1v) is 8.12. The van der Waals surface area contributed by atoms with E-state index >= 15 is 0 Å². The molecule has 0 N–H and O–H groups in total. The Labute approximate surface area is 135 Å². The van der Waals surface area contributed by atoms with Crippen LogP contribution in [-0.4, -0.2) is 0 Å². The van der Waals surface area contributed by atoms with Gasteiger partial charge >= 0.3 is 0 Å². The molecule has 108 valence electrons. The lowest BCUT2D eigenvalue weighted by Gasteiger charge is -2.20. The standard InChI is InChI=1S/C23H16/c1-2-8-16(9-3-1)22-19-13-5-4-12-18(19)20-14-6-10-17-11-7-15-21(22)23(17)20/h1-13,15H,14H2. The zero-order valence-electron chi connectivity index (χ0n) is 12.8. The molecule has 0 nitrogen and oxygen atoms in total. The van der Waals surface area contributed by atoms with Crippen molar-refractivity contribution < 1.29 is 0 Å². The summed E-state index contributed by atoms with van der Waals surface area (Å²) >= 11 is 0. The van der Waals surface area contributed by atoms with Gasteiger partial charge < -0.3 is 0 Å². The number of fused-ring (bicyclic) bond motifs is 2. The molecule has 0 fully saturated rings. The van der Waals surface area contributed by atoms with E-state index in [1.807, 2.05) is 0 Å². The number of rotatable bonds is 1. The molecular formula is C23H16. The van der Waals surface area contributed by atoms with E-state index in [1.165, 1.54) is 43.8 Å². The van der Waals surface area contributed by atoms with Gasteiger partial charge in [-0.05, 0) is 50.2 Å². The predicted molar refractivity (Wildman–Crippen MR) is 99.6 cm³/mol. The lowest BCUT2D eigenvalue weighted by atomic mass is 9.84. The molecule has 1 aliphatic carbocycles. The topological polar surface area (TPSA) is 0 Å². The van der Waals surface area contributed by atoms with Crippen molar-refractivity contribution in [3.8, 4) is 11.1 Å². The Morgan fingerprint density at radius 2 is 1.35 bits per heavy atom. The summed E-state index contributed by atoms with van der Waals surface area (Å²) in [6.45, 7) is 0. The molecule has 0 spiro atoms. The van der Waals surface area contributed by atoms with Crippen LogP contribution in [0.15, 0.2) is 78.9 Å². The van der Waals surface area contributed by atoms with Gasteiger partial charge in [0.2, 0.25) is 0 Å². The lowest BCUT2D eigenvalue weighted by molar-refractivity contribution is 1.32. The molecule has 0 radical (unpaired) electrons. The Balaban J connectivity index is 2.08. The Morgan fingerprint density at radius 1 is 0.609 bits per heavy atom. The van der Waals surface area contributed by atoms with Crippen LogP contribution < -0.4 is 0 Å². The fraction of sp³-hybridized carbons (Fsp3) is 0.0435. The minimum Gasteiger partial charge on any atom is -0.0795 e. The van der Waals surface area contributed by atoms with Crippen molar-refractivity contribution in [3.05, 3.63) is 90.0 Å². The summed E-state index contributed by atoms with van der Waals surface area (Å²) in [5.41, 5.74) is 5.46. The van der Waals surface area contributed by atoms with E-state index in [2.05, 4.69) is 84.9 Å². The minimum atomic E-state index is 1.02. The summed E-state index contributed by atoms with van der Waals surface area (Å²) in [7, 11) is 0. The maximum atomic E-state index is 2.28. The average molecular weight is 292 g/mol. The van der Waals surface area contributed by atoms with E-state index in [1.54, 1.807) is 0 Å². The first kappa shape index (κ1) is 12.7. The molecule has 23 heavy (non-hydrogen) atoms. The quantitative estimate of drug-likeness (QED) is 0.365. The summed E-state index contributed by atoms with van der Waals surface area (Å²) in [6, 6.07) is 26.3. The van der Waals surface area contributed by atoms with Crippen LogP contribution in [0.25, 0.3) is 38.7 Å². The zero-order chi connectivity index (χ0) is 15.2. The number of hydrogen-bond donors (Lipinski definition) is 0. The number of hydrogen-bond acceptors (Lipinski definition) is 0. The maximum absolute atomic E-state index is 2.28. The van der Waals surface area contributed by atoms with Crippen molar-refractivity contribution in [1.82, 2.24) is 0 Å². The first-order valence-electron chi connectivity index (χ1n) is 8.12. The van der Waals surface area contributed by atoms with Gasteiger partial charge in [0, 0.05) is 0 Å². The summed E-state index contributed by atoms with van der Waals surface area (Å²) in [6.07, 6.45) is 5.56. The normalized spacial score (nSPS) is 12.9. The fourth-order valence-corrected chi connectivity index (χ4v) is 3.93. The van der Waals surface area contributed by atoms with Crippen LogP contribution in [0.4, 0.5) is 0 Å². The zero-order valence-corrected chi connectivity index (χ0v) is 12.8. The van der Waals surface area contributed by atoms with Gasteiger partial charge in [-0.1, -0.05) is 84.9 Å². The molecular weight excluding hydrogens is 276 g/mol. The van der Waals surface area contributed by atoms with Gasteiger partial charge in [-0.2, -0.15) is 0 Å². The van der Waals surface area contributed by atoms with Gasteiger partial charge in [-0.15, -0.1) is 0 Å². The highest BCUT2D eigenvalue weighted by Gasteiger charge is 2.17. The SMILES string of the molecule is C1=Cc2cccc3c(-c4ccccc4)c4ccccc4c(c23)C1. The molecule has 0 bridgehead atoms. The third kappa shape index (κ3) is 1.78. The molecule has 0 unspecified atom stereocenters. The average Bonchev–Trinajstić information content (AvgIpc) is 2.63. The molecule has 0 saturated carbocycles. The Morgan fingerprint density at radius 3 is 2.22 bits per heavy atom.